The SMILES string of the molecule is CNCC(=O)NC1CN2C(=O)CCCNC(=O)c3ccc4c(c(OC)ccc4c3)CN(C1=O)c1ccccc12. The van der Waals surface area contributed by atoms with Gasteiger partial charge in [-0.15, -0.1) is 0 Å². The quantitative estimate of drug-likeness (QED) is 0.475. The molecule has 0 saturated carbocycles. The molecule has 10 nitrogen and oxygen atoms in total. The number of hydrogen-bond donors (Lipinski definition) is 3. The second kappa shape index (κ2) is 11.1. The molecular weight excluding hydrogens is 498 g/mol. The zero-order chi connectivity index (χ0) is 27.5. The number of ether oxygens (including phenoxy) is 1. The topological polar surface area (TPSA) is 120 Å². The van der Waals surface area contributed by atoms with Gasteiger partial charge in [0.1, 0.15) is 11.8 Å². The van der Waals surface area contributed by atoms with Crippen molar-refractivity contribution in [3.05, 3.63) is 65.7 Å². The van der Waals surface area contributed by atoms with Crippen molar-refractivity contribution in [3.8, 4) is 5.75 Å². The Balaban J connectivity index is 1.70. The van der Waals surface area contributed by atoms with Gasteiger partial charge < -0.3 is 30.5 Å². The predicted octanol–water partition coefficient (Wildman–Crippen LogP) is 1.96. The van der Waals surface area contributed by atoms with Crippen LogP contribution in [0, 0.1) is 0 Å². The standard InChI is InChI=1S/C29H31N5O5/c1-30-15-26(35)32-22-17-33-23-6-3-4-7-24(23)34(29(22)38)16-21-20-11-9-19(14-18(20)10-12-25(21)39-2)28(37)31-13-5-8-27(33)36/h3-4,6-7,9-12,14,22,30H,5,8,13,15-17H2,1-2H3,(H,31,37)(H,32,35). The largest absolute Gasteiger partial charge is 0.496 e. The lowest BCUT2D eigenvalue weighted by atomic mass is 9.99. The van der Waals surface area contributed by atoms with Crippen LogP contribution in [0.15, 0.2) is 54.6 Å². The second-order valence-electron chi connectivity index (χ2n) is 9.61. The molecule has 0 aliphatic carbocycles. The van der Waals surface area contributed by atoms with Gasteiger partial charge in [0, 0.05) is 24.1 Å². The van der Waals surface area contributed by atoms with E-state index in [-0.39, 0.29) is 49.7 Å². The minimum atomic E-state index is -0.967. The highest BCUT2D eigenvalue weighted by atomic mass is 16.5. The number of benzene rings is 3. The molecule has 6 bridgehead atoms. The van der Waals surface area contributed by atoms with Crippen LogP contribution in [0.1, 0.15) is 28.8 Å². The monoisotopic (exact) mass is 529 g/mol. The first-order chi connectivity index (χ1) is 18.9. The van der Waals surface area contributed by atoms with Crippen molar-refractivity contribution in [3.63, 3.8) is 0 Å². The summed E-state index contributed by atoms with van der Waals surface area (Å²) in [5.41, 5.74) is 2.40. The Bertz CT molecular complexity index is 1460. The summed E-state index contributed by atoms with van der Waals surface area (Å²) in [7, 11) is 3.22. The molecule has 1 atom stereocenters. The van der Waals surface area contributed by atoms with E-state index in [1.165, 1.54) is 0 Å². The number of amides is 4. The van der Waals surface area contributed by atoms with Gasteiger partial charge in [0.2, 0.25) is 11.8 Å². The summed E-state index contributed by atoms with van der Waals surface area (Å²) < 4.78 is 5.70. The molecule has 3 N–H and O–H groups in total. The Morgan fingerprint density at radius 1 is 1.05 bits per heavy atom. The van der Waals surface area contributed by atoms with Crippen LogP contribution in [-0.2, 0) is 20.9 Å². The summed E-state index contributed by atoms with van der Waals surface area (Å²) in [5, 5.41) is 10.2. The maximum Gasteiger partial charge on any atom is 0.251 e. The van der Waals surface area contributed by atoms with Gasteiger partial charge in [0.15, 0.2) is 0 Å². The lowest BCUT2D eigenvalue weighted by Gasteiger charge is -2.27. The number of para-hydroxylation sites is 2. The Morgan fingerprint density at radius 3 is 2.56 bits per heavy atom. The van der Waals surface area contributed by atoms with Crippen molar-refractivity contribution in [2.45, 2.75) is 25.4 Å². The number of carbonyl (C=O) groups excluding carboxylic acids is 4. The number of rotatable bonds is 4. The molecule has 3 aromatic carbocycles. The van der Waals surface area contributed by atoms with Crippen LogP contribution in [0.3, 0.4) is 0 Å². The molecule has 0 saturated heterocycles. The van der Waals surface area contributed by atoms with Gasteiger partial charge in [-0.3, -0.25) is 19.2 Å². The first kappa shape index (κ1) is 26.2. The van der Waals surface area contributed by atoms with Crippen molar-refractivity contribution in [1.29, 1.82) is 0 Å². The van der Waals surface area contributed by atoms with Crippen molar-refractivity contribution < 1.29 is 23.9 Å². The zero-order valence-electron chi connectivity index (χ0n) is 22.0. The third kappa shape index (κ3) is 5.15. The van der Waals surface area contributed by atoms with E-state index in [1.54, 1.807) is 30.0 Å². The Morgan fingerprint density at radius 2 is 1.82 bits per heavy atom. The maximum absolute atomic E-state index is 14.1. The Kier molecular flexibility index (Phi) is 7.47. The lowest BCUT2D eigenvalue weighted by molar-refractivity contribution is -0.127. The average Bonchev–Trinajstić information content (AvgIpc) is 3.05. The number of anilines is 2. The van der Waals surface area contributed by atoms with Crippen molar-refractivity contribution >= 4 is 45.8 Å². The van der Waals surface area contributed by atoms with E-state index < -0.39 is 6.04 Å². The van der Waals surface area contributed by atoms with Crippen LogP contribution in [0.5, 0.6) is 5.75 Å². The molecule has 1 unspecified atom stereocenters. The van der Waals surface area contributed by atoms with E-state index in [0.717, 1.165) is 16.3 Å². The summed E-state index contributed by atoms with van der Waals surface area (Å²) >= 11 is 0. The average molecular weight is 530 g/mol. The van der Waals surface area contributed by atoms with Gasteiger partial charge in [0.05, 0.1) is 38.1 Å². The maximum atomic E-state index is 14.1. The number of fused-ring (bicyclic) bond motifs is 6. The molecule has 6 rings (SSSR count). The lowest BCUT2D eigenvalue weighted by Crippen LogP contribution is -2.54. The molecule has 10 heteroatoms. The summed E-state index contributed by atoms with van der Waals surface area (Å²) in [6.07, 6.45) is 0.582. The zero-order valence-corrected chi connectivity index (χ0v) is 22.0. The first-order valence-electron chi connectivity index (χ1n) is 12.9. The minimum absolute atomic E-state index is 0.0113. The van der Waals surface area contributed by atoms with E-state index >= 15 is 0 Å². The highest BCUT2D eigenvalue weighted by Crippen LogP contribution is 2.37. The molecule has 202 valence electrons. The van der Waals surface area contributed by atoms with Gasteiger partial charge in [-0.05, 0) is 54.6 Å². The van der Waals surface area contributed by atoms with Gasteiger partial charge >= 0.3 is 0 Å². The summed E-state index contributed by atoms with van der Waals surface area (Å²) in [6.45, 7) is 0.466. The van der Waals surface area contributed by atoms with Crippen molar-refractivity contribution in [2.24, 2.45) is 0 Å². The molecule has 3 aromatic rings. The Hall–Kier alpha value is -4.44. The van der Waals surface area contributed by atoms with E-state index in [4.69, 9.17) is 4.74 Å². The Labute approximate surface area is 226 Å². The number of hydrogen-bond acceptors (Lipinski definition) is 6. The molecule has 0 radical (unpaired) electrons. The number of nitrogens with zero attached hydrogens (tertiary/aromatic N) is 2. The van der Waals surface area contributed by atoms with Crippen molar-refractivity contribution in [2.75, 3.05) is 43.6 Å². The summed E-state index contributed by atoms with van der Waals surface area (Å²) in [4.78, 5) is 56.2. The highest BCUT2D eigenvalue weighted by Gasteiger charge is 2.37. The summed E-state index contributed by atoms with van der Waals surface area (Å²) in [5.74, 6) is -0.519. The molecular formula is C29H31N5O5. The molecule has 39 heavy (non-hydrogen) atoms. The minimum Gasteiger partial charge on any atom is -0.496 e. The van der Waals surface area contributed by atoms with Gasteiger partial charge in [-0.25, -0.2) is 0 Å². The van der Waals surface area contributed by atoms with Gasteiger partial charge in [-0.1, -0.05) is 24.3 Å². The van der Waals surface area contributed by atoms with Crippen LogP contribution >= 0.6 is 0 Å². The summed E-state index contributed by atoms with van der Waals surface area (Å²) in [6, 6.07) is 15.4. The first-order valence-corrected chi connectivity index (χ1v) is 12.9. The van der Waals surface area contributed by atoms with E-state index in [2.05, 4.69) is 16.0 Å². The molecule has 0 aromatic heterocycles. The van der Waals surface area contributed by atoms with Crippen LogP contribution in [0.25, 0.3) is 10.8 Å². The van der Waals surface area contributed by atoms with E-state index in [1.807, 2.05) is 48.5 Å². The fourth-order valence-corrected chi connectivity index (χ4v) is 5.21. The third-order valence-electron chi connectivity index (χ3n) is 7.11. The molecule has 3 aliphatic heterocycles. The van der Waals surface area contributed by atoms with Crippen LogP contribution in [0.2, 0.25) is 0 Å². The van der Waals surface area contributed by atoms with Gasteiger partial charge in [0.25, 0.3) is 11.8 Å². The number of likely N-dealkylation sites (N-methyl/N-ethyl adjacent to an activating group) is 1. The smallest absolute Gasteiger partial charge is 0.251 e. The van der Waals surface area contributed by atoms with E-state index in [9.17, 15) is 19.2 Å². The fraction of sp³-hybridized carbons (Fsp3) is 0.310. The number of carbonyl (C=O) groups is 4. The normalized spacial score (nSPS) is 17.8. The highest BCUT2D eigenvalue weighted by molar-refractivity contribution is 6.08. The molecule has 3 aliphatic rings. The van der Waals surface area contributed by atoms with Crippen molar-refractivity contribution in [1.82, 2.24) is 16.0 Å². The molecule has 4 amide bonds. The molecule has 0 fully saturated rings. The van der Waals surface area contributed by atoms with E-state index in [0.29, 0.717) is 35.7 Å². The van der Waals surface area contributed by atoms with Crippen LogP contribution in [-0.4, -0.2) is 63.5 Å². The third-order valence-corrected chi connectivity index (χ3v) is 7.11. The van der Waals surface area contributed by atoms with Crippen LogP contribution < -0.4 is 30.5 Å². The molecule has 0 spiro atoms. The van der Waals surface area contributed by atoms with Gasteiger partial charge in [-0.2, -0.15) is 0 Å². The number of methoxy groups -OCH3 is 1. The fourth-order valence-electron chi connectivity index (χ4n) is 5.21. The molecule has 3 heterocycles. The number of nitrogens with one attached hydrogen (secondary N) is 3. The predicted molar refractivity (Wildman–Crippen MR) is 148 cm³/mol. The van der Waals surface area contributed by atoms with Crippen LogP contribution in [0.4, 0.5) is 11.4 Å². The second-order valence-corrected chi connectivity index (χ2v) is 9.61.